The topological polar surface area (TPSA) is 58.1 Å². The second-order valence-corrected chi connectivity index (χ2v) is 6.40. The highest BCUT2D eigenvalue weighted by atomic mass is 35.5. The Bertz CT molecular complexity index is 729. The van der Waals surface area contributed by atoms with Gasteiger partial charge in [0.2, 0.25) is 5.95 Å². The van der Waals surface area contributed by atoms with Crippen molar-refractivity contribution in [3.05, 3.63) is 52.3 Å². The molecular weight excluding hydrogens is 324 g/mol. The number of rotatable bonds is 4. The predicted octanol–water partition coefficient (Wildman–Crippen LogP) is 3.36. The second kappa shape index (κ2) is 7.62. The minimum Gasteiger partial charge on any atom is -0.348 e. The lowest BCUT2D eigenvalue weighted by molar-refractivity contribution is 0.0949. The van der Waals surface area contributed by atoms with Crippen molar-refractivity contribution in [2.75, 3.05) is 18.0 Å². The highest BCUT2D eigenvalue weighted by Gasteiger charge is 2.17. The number of aromatic nitrogens is 2. The lowest BCUT2D eigenvalue weighted by Crippen LogP contribution is -2.31. The molecule has 1 amide bonds. The third-order valence-electron chi connectivity index (χ3n) is 4.25. The fourth-order valence-corrected chi connectivity index (χ4v) is 3.04. The van der Waals surface area contributed by atoms with Crippen LogP contribution >= 0.6 is 11.6 Å². The van der Waals surface area contributed by atoms with Crippen molar-refractivity contribution < 1.29 is 4.79 Å². The van der Waals surface area contributed by atoms with Crippen molar-refractivity contribution in [1.82, 2.24) is 15.3 Å². The predicted molar refractivity (Wildman–Crippen MR) is 95.5 cm³/mol. The number of halogens is 1. The van der Waals surface area contributed by atoms with Gasteiger partial charge in [0.25, 0.3) is 5.91 Å². The lowest BCUT2D eigenvalue weighted by Gasteiger charge is -2.26. The molecule has 0 atom stereocenters. The Morgan fingerprint density at radius 3 is 2.71 bits per heavy atom. The van der Waals surface area contributed by atoms with Crippen LogP contribution in [-0.4, -0.2) is 29.0 Å². The molecule has 1 aliphatic rings. The molecule has 0 unspecified atom stereocenters. The van der Waals surface area contributed by atoms with E-state index in [2.05, 4.69) is 20.2 Å². The van der Waals surface area contributed by atoms with Gasteiger partial charge in [-0.3, -0.25) is 4.79 Å². The molecule has 1 N–H and O–H groups in total. The first kappa shape index (κ1) is 16.7. The third-order valence-corrected chi connectivity index (χ3v) is 4.62. The molecule has 1 aromatic heterocycles. The van der Waals surface area contributed by atoms with E-state index in [9.17, 15) is 4.79 Å². The molecule has 3 rings (SSSR count). The van der Waals surface area contributed by atoms with E-state index in [4.69, 9.17) is 11.6 Å². The summed E-state index contributed by atoms with van der Waals surface area (Å²) >= 11 is 6.11. The minimum absolute atomic E-state index is 0.183. The molecule has 6 heteroatoms. The van der Waals surface area contributed by atoms with Gasteiger partial charge in [0.15, 0.2) is 0 Å². The molecular formula is C18H21ClN4O. The third kappa shape index (κ3) is 3.85. The maximum atomic E-state index is 12.4. The number of piperidine rings is 1. The van der Waals surface area contributed by atoms with Crippen molar-refractivity contribution in [3.63, 3.8) is 0 Å². The summed E-state index contributed by atoms with van der Waals surface area (Å²) in [5, 5.41) is 3.52. The van der Waals surface area contributed by atoms with Gasteiger partial charge in [-0.2, -0.15) is 0 Å². The van der Waals surface area contributed by atoms with Crippen LogP contribution in [0.15, 0.2) is 30.5 Å². The summed E-state index contributed by atoms with van der Waals surface area (Å²) in [5.74, 6) is 0.535. The lowest BCUT2D eigenvalue weighted by atomic mass is 10.1. The number of benzene rings is 1. The molecule has 0 saturated carbocycles. The number of carbonyl (C=O) groups excluding carboxylic acids is 1. The van der Waals surface area contributed by atoms with Gasteiger partial charge < -0.3 is 10.2 Å². The van der Waals surface area contributed by atoms with Crippen LogP contribution in [0.1, 0.15) is 40.9 Å². The SMILES string of the molecule is Cc1nc(N2CCCCC2)ncc1C(=O)NCc1ccccc1Cl. The summed E-state index contributed by atoms with van der Waals surface area (Å²) in [7, 11) is 0. The molecule has 126 valence electrons. The number of nitrogens with one attached hydrogen (secondary N) is 1. The Balaban J connectivity index is 1.67. The molecule has 0 aliphatic carbocycles. The van der Waals surface area contributed by atoms with Crippen LogP contribution in [0.2, 0.25) is 5.02 Å². The van der Waals surface area contributed by atoms with Gasteiger partial charge in [-0.1, -0.05) is 29.8 Å². The normalized spacial score (nSPS) is 14.5. The molecule has 1 aliphatic heterocycles. The zero-order chi connectivity index (χ0) is 16.9. The standard InChI is InChI=1S/C18H21ClN4O/c1-13-15(12-21-18(22-13)23-9-5-2-6-10-23)17(24)20-11-14-7-3-4-8-16(14)19/h3-4,7-8,12H,2,5-6,9-11H2,1H3,(H,20,24). The van der Waals surface area contributed by atoms with Gasteiger partial charge >= 0.3 is 0 Å². The molecule has 2 heterocycles. The van der Waals surface area contributed by atoms with Gasteiger partial charge in [-0.05, 0) is 37.8 Å². The number of aryl methyl sites for hydroxylation is 1. The molecule has 1 saturated heterocycles. The van der Waals surface area contributed by atoms with E-state index in [0.717, 1.165) is 24.6 Å². The maximum Gasteiger partial charge on any atom is 0.254 e. The van der Waals surface area contributed by atoms with E-state index < -0.39 is 0 Å². The van der Waals surface area contributed by atoms with Gasteiger partial charge in [-0.15, -0.1) is 0 Å². The Kier molecular flexibility index (Phi) is 5.30. The largest absolute Gasteiger partial charge is 0.348 e. The summed E-state index contributed by atoms with van der Waals surface area (Å²) in [5.41, 5.74) is 2.08. The first-order valence-corrected chi connectivity index (χ1v) is 8.63. The zero-order valence-corrected chi connectivity index (χ0v) is 14.5. The van der Waals surface area contributed by atoms with E-state index in [-0.39, 0.29) is 5.91 Å². The van der Waals surface area contributed by atoms with E-state index in [1.807, 2.05) is 31.2 Å². The Hall–Kier alpha value is -2.14. The number of carbonyl (C=O) groups is 1. The van der Waals surface area contributed by atoms with Crippen LogP contribution in [0.25, 0.3) is 0 Å². The molecule has 0 radical (unpaired) electrons. The zero-order valence-electron chi connectivity index (χ0n) is 13.8. The average molecular weight is 345 g/mol. The van der Waals surface area contributed by atoms with Crippen molar-refractivity contribution in [3.8, 4) is 0 Å². The Morgan fingerprint density at radius 2 is 2.00 bits per heavy atom. The highest BCUT2D eigenvalue weighted by Crippen LogP contribution is 2.18. The first-order valence-electron chi connectivity index (χ1n) is 8.25. The van der Waals surface area contributed by atoms with E-state index >= 15 is 0 Å². The van der Waals surface area contributed by atoms with E-state index in [1.165, 1.54) is 19.3 Å². The number of anilines is 1. The average Bonchev–Trinajstić information content (AvgIpc) is 2.61. The monoisotopic (exact) mass is 344 g/mol. The van der Waals surface area contributed by atoms with Crippen LogP contribution in [0.3, 0.4) is 0 Å². The summed E-state index contributed by atoms with van der Waals surface area (Å²) in [6, 6.07) is 7.47. The van der Waals surface area contributed by atoms with Crippen LogP contribution < -0.4 is 10.2 Å². The number of amides is 1. The van der Waals surface area contributed by atoms with Crippen molar-refractivity contribution in [2.24, 2.45) is 0 Å². The Morgan fingerprint density at radius 1 is 1.25 bits per heavy atom. The molecule has 0 spiro atoms. The van der Waals surface area contributed by atoms with Crippen LogP contribution in [-0.2, 0) is 6.54 Å². The summed E-state index contributed by atoms with van der Waals surface area (Å²) < 4.78 is 0. The van der Waals surface area contributed by atoms with Gasteiger partial charge in [0.1, 0.15) is 0 Å². The molecule has 24 heavy (non-hydrogen) atoms. The van der Waals surface area contributed by atoms with Crippen LogP contribution in [0.4, 0.5) is 5.95 Å². The summed E-state index contributed by atoms with van der Waals surface area (Å²) in [4.78, 5) is 23.5. The smallest absolute Gasteiger partial charge is 0.254 e. The van der Waals surface area contributed by atoms with Gasteiger partial charge in [0.05, 0.1) is 11.3 Å². The van der Waals surface area contributed by atoms with Crippen LogP contribution in [0.5, 0.6) is 0 Å². The first-order chi connectivity index (χ1) is 11.6. The second-order valence-electron chi connectivity index (χ2n) is 5.99. The quantitative estimate of drug-likeness (QED) is 0.924. The van der Waals surface area contributed by atoms with Crippen molar-refractivity contribution in [1.29, 1.82) is 0 Å². The molecule has 1 fully saturated rings. The molecule has 5 nitrogen and oxygen atoms in total. The summed E-state index contributed by atoms with van der Waals surface area (Å²) in [6.45, 7) is 4.19. The summed E-state index contributed by atoms with van der Waals surface area (Å²) in [6.07, 6.45) is 5.22. The number of nitrogens with zero attached hydrogens (tertiary/aromatic N) is 3. The van der Waals surface area contributed by atoms with Gasteiger partial charge in [-0.25, -0.2) is 9.97 Å². The van der Waals surface area contributed by atoms with Gasteiger partial charge in [0, 0.05) is 30.9 Å². The van der Waals surface area contributed by atoms with Crippen molar-refractivity contribution in [2.45, 2.75) is 32.7 Å². The number of hydrogen-bond acceptors (Lipinski definition) is 4. The van der Waals surface area contributed by atoms with E-state index in [1.54, 1.807) is 6.20 Å². The van der Waals surface area contributed by atoms with Crippen molar-refractivity contribution >= 4 is 23.5 Å². The fourth-order valence-electron chi connectivity index (χ4n) is 2.84. The highest BCUT2D eigenvalue weighted by molar-refractivity contribution is 6.31. The fraction of sp³-hybridized carbons (Fsp3) is 0.389. The van der Waals surface area contributed by atoms with Crippen LogP contribution in [0, 0.1) is 6.92 Å². The Labute approximate surface area is 147 Å². The molecule has 2 aromatic rings. The minimum atomic E-state index is -0.183. The molecule has 1 aromatic carbocycles. The molecule has 0 bridgehead atoms. The maximum absolute atomic E-state index is 12.4. The van der Waals surface area contributed by atoms with E-state index in [0.29, 0.717) is 22.8 Å². The number of hydrogen-bond donors (Lipinski definition) is 1.